The minimum atomic E-state index is -0.0697. The summed E-state index contributed by atoms with van der Waals surface area (Å²) in [4.78, 5) is 16.4. The topological polar surface area (TPSA) is 42.0 Å². The molecule has 1 aliphatic rings. The molecule has 98 valence electrons. The second-order valence-electron chi connectivity index (χ2n) is 5.11. The van der Waals surface area contributed by atoms with Crippen LogP contribution in [0.5, 0.6) is 0 Å². The van der Waals surface area contributed by atoms with Crippen molar-refractivity contribution < 1.29 is 4.79 Å². The molecule has 4 heteroatoms. The summed E-state index contributed by atoms with van der Waals surface area (Å²) in [6.07, 6.45) is 3.97. The Morgan fingerprint density at radius 1 is 1.37 bits per heavy atom. The molecule has 1 fully saturated rings. The van der Waals surface area contributed by atoms with Gasteiger partial charge in [0.25, 0.3) is 5.91 Å². The highest BCUT2D eigenvalue weighted by atomic mass is 35.5. The number of halogens is 1. The number of rotatable bonds is 3. The number of nitrogens with zero attached hydrogens (tertiary/aromatic N) is 1. The van der Waals surface area contributed by atoms with Crippen molar-refractivity contribution in [2.24, 2.45) is 5.92 Å². The number of hydrogen-bond donors (Lipinski definition) is 1. The molecule has 1 amide bonds. The monoisotopic (exact) mass is 274 g/mol. The van der Waals surface area contributed by atoms with Crippen LogP contribution in [0, 0.1) is 5.92 Å². The summed E-state index contributed by atoms with van der Waals surface area (Å²) in [5, 5.41) is 5.15. The summed E-state index contributed by atoms with van der Waals surface area (Å²) in [5.41, 5.74) is 0.590. The molecular formula is C15H15ClN2O. The maximum Gasteiger partial charge on any atom is 0.253 e. The molecule has 2 aromatic rings. The molecule has 1 atom stereocenters. The molecule has 0 bridgehead atoms. The number of pyridine rings is 1. The molecule has 3 rings (SSSR count). The van der Waals surface area contributed by atoms with Gasteiger partial charge in [-0.05, 0) is 31.1 Å². The first-order chi connectivity index (χ1) is 9.16. The normalized spacial score (nSPS) is 16.3. The van der Waals surface area contributed by atoms with Crippen LogP contribution < -0.4 is 5.32 Å². The first-order valence-corrected chi connectivity index (χ1v) is 6.88. The Kier molecular flexibility index (Phi) is 3.15. The maximum absolute atomic E-state index is 12.3. The number of carbonyl (C=O) groups excluding carboxylic acids is 1. The highest BCUT2D eigenvalue weighted by Crippen LogP contribution is 2.32. The molecule has 1 saturated carbocycles. The second kappa shape index (κ2) is 4.82. The number of benzene rings is 1. The van der Waals surface area contributed by atoms with E-state index in [-0.39, 0.29) is 11.9 Å². The van der Waals surface area contributed by atoms with Crippen LogP contribution in [0.25, 0.3) is 10.8 Å². The van der Waals surface area contributed by atoms with Gasteiger partial charge in [-0.15, -0.1) is 0 Å². The van der Waals surface area contributed by atoms with E-state index in [1.807, 2.05) is 24.3 Å². The van der Waals surface area contributed by atoms with Crippen LogP contribution in [-0.4, -0.2) is 16.9 Å². The molecular weight excluding hydrogens is 260 g/mol. The average Bonchev–Trinajstić information content (AvgIpc) is 3.23. The van der Waals surface area contributed by atoms with Crippen LogP contribution >= 0.6 is 11.6 Å². The molecule has 19 heavy (non-hydrogen) atoms. The lowest BCUT2D eigenvalue weighted by Crippen LogP contribution is -2.34. The zero-order chi connectivity index (χ0) is 13.4. The molecule has 1 N–H and O–H groups in total. The van der Waals surface area contributed by atoms with Gasteiger partial charge < -0.3 is 5.32 Å². The number of aromatic nitrogens is 1. The van der Waals surface area contributed by atoms with Crippen molar-refractivity contribution in [1.82, 2.24) is 10.3 Å². The van der Waals surface area contributed by atoms with Crippen LogP contribution in [0.4, 0.5) is 0 Å². The van der Waals surface area contributed by atoms with Gasteiger partial charge >= 0.3 is 0 Å². The Morgan fingerprint density at radius 2 is 2.05 bits per heavy atom. The molecule has 0 radical (unpaired) electrons. The number of hydrogen-bond acceptors (Lipinski definition) is 2. The van der Waals surface area contributed by atoms with Gasteiger partial charge in [-0.25, -0.2) is 4.98 Å². The predicted molar refractivity (Wildman–Crippen MR) is 76.4 cm³/mol. The fourth-order valence-corrected chi connectivity index (χ4v) is 2.55. The average molecular weight is 275 g/mol. The smallest absolute Gasteiger partial charge is 0.253 e. The van der Waals surface area contributed by atoms with E-state index in [2.05, 4.69) is 17.2 Å². The van der Waals surface area contributed by atoms with E-state index >= 15 is 0 Å². The van der Waals surface area contributed by atoms with Crippen LogP contribution in [0.2, 0.25) is 5.15 Å². The quantitative estimate of drug-likeness (QED) is 0.872. The SMILES string of the molecule is CC(NC(=O)c1cnc(Cl)c2ccccc12)C1CC1. The predicted octanol–water partition coefficient (Wildman–Crippen LogP) is 3.42. The highest BCUT2D eigenvalue weighted by Gasteiger charge is 2.29. The van der Waals surface area contributed by atoms with E-state index in [0.717, 1.165) is 10.8 Å². The van der Waals surface area contributed by atoms with E-state index in [1.165, 1.54) is 12.8 Å². The van der Waals surface area contributed by atoms with Crippen LogP contribution in [0.15, 0.2) is 30.5 Å². The molecule has 1 unspecified atom stereocenters. The van der Waals surface area contributed by atoms with Crippen molar-refractivity contribution in [3.8, 4) is 0 Å². The maximum atomic E-state index is 12.3. The summed E-state index contributed by atoms with van der Waals surface area (Å²) in [5.74, 6) is 0.565. The van der Waals surface area contributed by atoms with Crippen LogP contribution in [-0.2, 0) is 0 Å². The fraction of sp³-hybridized carbons (Fsp3) is 0.333. The lowest BCUT2D eigenvalue weighted by atomic mass is 10.1. The van der Waals surface area contributed by atoms with E-state index in [1.54, 1.807) is 6.20 Å². The van der Waals surface area contributed by atoms with Gasteiger partial charge in [0.05, 0.1) is 5.56 Å². The van der Waals surface area contributed by atoms with Crippen molar-refractivity contribution in [3.63, 3.8) is 0 Å². The van der Waals surface area contributed by atoms with Crippen molar-refractivity contribution >= 4 is 28.3 Å². The van der Waals surface area contributed by atoms with Gasteiger partial charge in [-0.3, -0.25) is 4.79 Å². The number of fused-ring (bicyclic) bond motifs is 1. The Labute approximate surface area is 117 Å². The van der Waals surface area contributed by atoms with Gasteiger partial charge in [0, 0.05) is 17.6 Å². The molecule has 3 nitrogen and oxygen atoms in total. The number of amides is 1. The summed E-state index contributed by atoms with van der Waals surface area (Å²) in [6.45, 7) is 2.06. The number of nitrogens with one attached hydrogen (secondary N) is 1. The fourth-order valence-electron chi connectivity index (χ4n) is 2.34. The lowest BCUT2D eigenvalue weighted by molar-refractivity contribution is 0.0937. The summed E-state index contributed by atoms with van der Waals surface area (Å²) in [7, 11) is 0. The van der Waals surface area contributed by atoms with Crippen LogP contribution in [0.3, 0.4) is 0 Å². The largest absolute Gasteiger partial charge is 0.349 e. The van der Waals surface area contributed by atoms with E-state index in [9.17, 15) is 4.79 Å². The Balaban J connectivity index is 1.95. The van der Waals surface area contributed by atoms with E-state index in [4.69, 9.17) is 11.6 Å². The molecule has 0 spiro atoms. The summed E-state index contributed by atoms with van der Waals surface area (Å²) in [6, 6.07) is 7.80. The van der Waals surface area contributed by atoms with Gasteiger partial charge in [0.2, 0.25) is 0 Å². The zero-order valence-corrected chi connectivity index (χ0v) is 11.4. The van der Waals surface area contributed by atoms with Gasteiger partial charge in [0.1, 0.15) is 5.15 Å². The van der Waals surface area contributed by atoms with E-state index < -0.39 is 0 Å². The van der Waals surface area contributed by atoms with Gasteiger partial charge in [-0.2, -0.15) is 0 Å². The van der Waals surface area contributed by atoms with Crippen LogP contribution in [0.1, 0.15) is 30.1 Å². The summed E-state index contributed by atoms with van der Waals surface area (Å²) < 4.78 is 0. The number of carbonyl (C=O) groups is 1. The first kappa shape index (κ1) is 12.4. The molecule has 1 aromatic heterocycles. The molecule has 1 heterocycles. The molecule has 0 aliphatic heterocycles. The summed E-state index contributed by atoms with van der Waals surface area (Å²) >= 11 is 6.06. The van der Waals surface area contributed by atoms with Crippen molar-refractivity contribution in [2.45, 2.75) is 25.8 Å². The standard InChI is InChI=1S/C15H15ClN2O/c1-9(10-6-7-10)18-15(19)13-8-17-14(16)12-5-3-2-4-11(12)13/h2-5,8-10H,6-7H2,1H3,(H,18,19). The zero-order valence-electron chi connectivity index (χ0n) is 10.7. The minimum absolute atomic E-state index is 0.0697. The minimum Gasteiger partial charge on any atom is -0.349 e. The molecule has 1 aromatic carbocycles. The Hall–Kier alpha value is -1.61. The second-order valence-corrected chi connectivity index (χ2v) is 5.47. The third-order valence-corrected chi connectivity index (χ3v) is 3.98. The van der Waals surface area contributed by atoms with Gasteiger partial charge in [0.15, 0.2) is 0 Å². The lowest BCUT2D eigenvalue weighted by Gasteiger charge is -2.14. The molecule has 1 aliphatic carbocycles. The molecule has 0 saturated heterocycles. The first-order valence-electron chi connectivity index (χ1n) is 6.51. The van der Waals surface area contributed by atoms with Crippen molar-refractivity contribution in [2.75, 3.05) is 0 Å². The van der Waals surface area contributed by atoms with Crippen molar-refractivity contribution in [3.05, 3.63) is 41.2 Å². The Bertz CT molecular complexity index is 637. The Morgan fingerprint density at radius 3 is 2.74 bits per heavy atom. The van der Waals surface area contributed by atoms with Crippen molar-refractivity contribution in [1.29, 1.82) is 0 Å². The third-order valence-electron chi connectivity index (χ3n) is 3.68. The van der Waals surface area contributed by atoms with Gasteiger partial charge in [-0.1, -0.05) is 35.9 Å². The highest BCUT2D eigenvalue weighted by molar-refractivity contribution is 6.34. The van der Waals surface area contributed by atoms with E-state index in [0.29, 0.717) is 16.6 Å². The third kappa shape index (κ3) is 2.43.